The minimum absolute atomic E-state index is 0.602. The summed E-state index contributed by atoms with van der Waals surface area (Å²) in [6.45, 7) is 6.72. The fraction of sp³-hybridized carbons (Fsp3) is 0.857. The summed E-state index contributed by atoms with van der Waals surface area (Å²) in [7, 11) is 0. The summed E-state index contributed by atoms with van der Waals surface area (Å²) in [5.41, 5.74) is 3.48. The van der Waals surface area contributed by atoms with Crippen LogP contribution < -0.4 is 27.9 Å². The fourth-order valence-electron chi connectivity index (χ4n) is 0.520. The predicted octanol–water partition coefficient (Wildman–Crippen LogP) is -0.571. The highest BCUT2D eigenvalue weighted by Crippen LogP contribution is 1.71. The van der Waals surface area contributed by atoms with E-state index in [1.165, 1.54) is 25.9 Å². The highest BCUT2D eigenvalue weighted by molar-refractivity contribution is 5.72. The van der Waals surface area contributed by atoms with Crippen LogP contribution in [0.5, 0.6) is 0 Å². The van der Waals surface area contributed by atoms with E-state index in [1.807, 2.05) is 0 Å². The van der Waals surface area contributed by atoms with Crippen LogP contribution in [0.25, 0.3) is 0 Å². The fourth-order valence-corrected chi connectivity index (χ4v) is 0.520. The number of hydrogen-bond acceptors (Lipinski definition) is 4. The summed E-state index contributed by atoms with van der Waals surface area (Å²) in [4.78, 5) is 9.71. The molecule has 13 heavy (non-hydrogen) atoms. The molecule has 6 nitrogen and oxygen atoms in total. The number of nitrogens with two attached hydrogens (primary N) is 2. The molecule has 0 bridgehead atoms. The molecule has 0 aromatic carbocycles. The number of amides is 2. The van der Waals surface area contributed by atoms with Gasteiger partial charge in [0.25, 0.3) is 0 Å². The Kier molecular flexibility index (Phi) is 15.5. The number of hydrogen-bond donors (Lipinski definition) is 5. The van der Waals surface area contributed by atoms with E-state index >= 15 is 0 Å². The molecule has 0 aromatic rings. The molecule has 2 amide bonds. The van der Waals surface area contributed by atoms with Crippen molar-refractivity contribution in [3.63, 3.8) is 0 Å². The molecule has 0 aliphatic carbocycles. The summed E-state index contributed by atoms with van der Waals surface area (Å²) in [5.74, 6) is 9.08. The zero-order valence-corrected chi connectivity index (χ0v) is 8.39. The Morgan fingerprint density at radius 1 is 1.08 bits per heavy atom. The zero-order valence-electron chi connectivity index (χ0n) is 8.39. The number of nitrogens with one attached hydrogen (secondary N) is 3. The summed E-state index contributed by atoms with van der Waals surface area (Å²) in [5, 5.41) is 3.28. The minimum atomic E-state index is -0.602. The third-order valence-corrected chi connectivity index (χ3v) is 1.12. The highest BCUT2D eigenvalue weighted by Gasteiger charge is 1.83. The van der Waals surface area contributed by atoms with Gasteiger partial charge in [-0.3, -0.25) is 10.9 Å². The molecule has 0 unspecified atom stereocenters. The zero-order chi connectivity index (χ0) is 10.5. The third kappa shape index (κ3) is 18.3. The van der Waals surface area contributed by atoms with Gasteiger partial charge in [0.05, 0.1) is 0 Å². The Morgan fingerprint density at radius 3 is 1.62 bits per heavy atom. The Labute approximate surface area is 79.4 Å². The lowest BCUT2D eigenvalue weighted by Crippen LogP contribution is -2.43. The van der Waals surface area contributed by atoms with Crippen molar-refractivity contribution in [1.82, 2.24) is 16.2 Å². The molecule has 0 heterocycles. The first kappa shape index (κ1) is 14.7. The highest BCUT2D eigenvalue weighted by atomic mass is 16.2. The summed E-state index contributed by atoms with van der Waals surface area (Å²) in [6, 6.07) is -0.602. The molecule has 0 spiro atoms. The molecule has 0 fully saturated rings. The van der Waals surface area contributed by atoms with Crippen molar-refractivity contribution in [2.24, 2.45) is 11.7 Å². The van der Waals surface area contributed by atoms with Crippen LogP contribution in [0, 0.1) is 0 Å². The Hall–Kier alpha value is -0.850. The van der Waals surface area contributed by atoms with Gasteiger partial charge >= 0.3 is 6.03 Å². The van der Waals surface area contributed by atoms with Gasteiger partial charge in [-0.1, -0.05) is 13.8 Å². The average molecular weight is 191 g/mol. The Bertz CT molecular complexity index is 99.1. The minimum Gasteiger partial charge on any atom is -0.317 e. The van der Waals surface area contributed by atoms with E-state index in [0.29, 0.717) is 0 Å². The second-order valence-electron chi connectivity index (χ2n) is 2.37. The molecule has 0 rings (SSSR count). The smallest absolute Gasteiger partial charge is 0.317 e. The van der Waals surface area contributed by atoms with E-state index < -0.39 is 6.03 Å². The monoisotopic (exact) mass is 191 g/mol. The van der Waals surface area contributed by atoms with Gasteiger partial charge in [0.2, 0.25) is 0 Å². The van der Waals surface area contributed by atoms with Gasteiger partial charge in [0.1, 0.15) is 0 Å². The standard InChI is InChI=1S/C6H15N.CH6N4O/c1-3-5-7-6-4-2;2-4-1(6)5-3/h7H,3-6H2,1-2H3;2-3H2,(H2,4,5,6). The van der Waals surface area contributed by atoms with Gasteiger partial charge < -0.3 is 5.32 Å². The number of hydrazine groups is 2. The molecule has 0 aliphatic heterocycles. The van der Waals surface area contributed by atoms with E-state index in [-0.39, 0.29) is 0 Å². The molecule has 0 aliphatic rings. The normalized spacial score (nSPS) is 8.31. The average Bonchev–Trinajstić information content (AvgIpc) is 2.18. The van der Waals surface area contributed by atoms with Crippen LogP contribution in [-0.2, 0) is 0 Å². The van der Waals surface area contributed by atoms with Gasteiger partial charge in [-0.15, -0.1) is 0 Å². The lowest BCUT2D eigenvalue weighted by molar-refractivity contribution is 0.241. The molecule has 0 aromatic heterocycles. The first-order chi connectivity index (χ1) is 6.22. The van der Waals surface area contributed by atoms with Crippen LogP contribution in [0.15, 0.2) is 0 Å². The van der Waals surface area contributed by atoms with E-state index in [0.717, 1.165) is 0 Å². The molecule has 80 valence electrons. The maximum Gasteiger partial charge on any atom is 0.343 e. The molecule has 0 saturated heterocycles. The molecule has 7 N–H and O–H groups in total. The van der Waals surface area contributed by atoms with Crippen molar-refractivity contribution < 1.29 is 4.79 Å². The number of urea groups is 1. The maximum atomic E-state index is 9.71. The molecule has 0 saturated carbocycles. The first-order valence-electron chi connectivity index (χ1n) is 4.40. The van der Waals surface area contributed by atoms with E-state index in [9.17, 15) is 4.79 Å². The van der Waals surface area contributed by atoms with Gasteiger partial charge in [0, 0.05) is 0 Å². The van der Waals surface area contributed by atoms with E-state index in [1.54, 1.807) is 10.9 Å². The predicted molar refractivity (Wildman–Crippen MR) is 53.5 cm³/mol. The molecule has 0 atom stereocenters. The van der Waals surface area contributed by atoms with Crippen LogP contribution in [-0.4, -0.2) is 19.1 Å². The van der Waals surface area contributed by atoms with E-state index in [2.05, 4.69) is 30.8 Å². The summed E-state index contributed by atoms with van der Waals surface area (Å²) in [6.07, 6.45) is 2.50. The largest absolute Gasteiger partial charge is 0.343 e. The SMILES string of the molecule is CCCNCCC.NNC(=O)NN. The van der Waals surface area contributed by atoms with Gasteiger partial charge in [-0.05, 0) is 25.9 Å². The van der Waals surface area contributed by atoms with Gasteiger partial charge in [-0.25, -0.2) is 16.5 Å². The van der Waals surface area contributed by atoms with Crippen LogP contribution in [0.4, 0.5) is 4.79 Å². The van der Waals surface area contributed by atoms with Crippen LogP contribution in [0.1, 0.15) is 26.7 Å². The Balaban J connectivity index is 0. The molecule has 0 radical (unpaired) electrons. The van der Waals surface area contributed by atoms with Crippen LogP contribution in [0.2, 0.25) is 0 Å². The van der Waals surface area contributed by atoms with Crippen molar-refractivity contribution in [3.05, 3.63) is 0 Å². The van der Waals surface area contributed by atoms with Crippen molar-refractivity contribution in [2.75, 3.05) is 13.1 Å². The van der Waals surface area contributed by atoms with Gasteiger partial charge in [-0.2, -0.15) is 0 Å². The van der Waals surface area contributed by atoms with Crippen molar-refractivity contribution >= 4 is 6.03 Å². The maximum absolute atomic E-state index is 9.71. The lowest BCUT2D eigenvalue weighted by atomic mass is 10.4. The number of rotatable bonds is 4. The summed E-state index contributed by atoms with van der Waals surface area (Å²) < 4.78 is 0. The molecule has 6 heteroatoms. The van der Waals surface area contributed by atoms with Crippen molar-refractivity contribution in [2.45, 2.75) is 26.7 Å². The quantitative estimate of drug-likeness (QED) is 0.177. The second kappa shape index (κ2) is 13.7. The first-order valence-corrected chi connectivity index (χ1v) is 4.40. The topological polar surface area (TPSA) is 105 Å². The lowest BCUT2D eigenvalue weighted by Gasteiger charge is -1.95. The second-order valence-corrected chi connectivity index (χ2v) is 2.37. The summed E-state index contributed by atoms with van der Waals surface area (Å²) >= 11 is 0. The van der Waals surface area contributed by atoms with Crippen molar-refractivity contribution in [3.8, 4) is 0 Å². The van der Waals surface area contributed by atoms with Crippen molar-refractivity contribution in [1.29, 1.82) is 0 Å². The Morgan fingerprint density at radius 2 is 1.46 bits per heavy atom. The van der Waals surface area contributed by atoms with E-state index in [4.69, 9.17) is 0 Å². The van der Waals surface area contributed by atoms with Gasteiger partial charge in [0.15, 0.2) is 0 Å². The van der Waals surface area contributed by atoms with Crippen LogP contribution >= 0.6 is 0 Å². The molecular weight excluding hydrogens is 170 g/mol. The third-order valence-electron chi connectivity index (χ3n) is 1.12. The molecular formula is C7H21N5O. The van der Waals surface area contributed by atoms with Crippen LogP contribution in [0.3, 0.4) is 0 Å². The number of carbonyl (C=O) groups is 1. The number of carbonyl (C=O) groups excluding carboxylic acids is 1.